The summed E-state index contributed by atoms with van der Waals surface area (Å²) in [6.45, 7) is 2.02. The molecule has 53 valence electrons. The Hall–Kier alpha value is 0.803. The van der Waals surface area contributed by atoms with Gasteiger partial charge in [0.25, 0.3) is 0 Å². The van der Waals surface area contributed by atoms with Crippen molar-refractivity contribution in [2.24, 2.45) is 0 Å². The van der Waals surface area contributed by atoms with Crippen LogP contribution < -0.4 is 0 Å². The van der Waals surface area contributed by atoms with E-state index in [1.54, 1.807) is 0 Å². The van der Waals surface area contributed by atoms with Gasteiger partial charge in [-0.05, 0) is 20.6 Å². The molecule has 0 saturated carbocycles. The van der Waals surface area contributed by atoms with Crippen LogP contribution in [0.5, 0.6) is 0 Å². The largest absolute Gasteiger partial charge is 3.00 e. The van der Waals surface area contributed by atoms with Crippen molar-refractivity contribution in [3.63, 3.8) is 0 Å². The monoisotopic (exact) mass is 206 g/mol. The summed E-state index contributed by atoms with van der Waals surface area (Å²) in [5.74, 6) is 0. The van der Waals surface area contributed by atoms with Gasteiger partial charge in [-0.3, -0.25) is 0 Å². The fraction of sp³-hybridized carbons (Fsp3) is 0.833. The van der Waals surface area contributed by atoms with Crippen LogP contribution in [0.25, 0.3) is 5.32 Å². The van der Waals surface area contributed by atoms with Gasteiger partial charge in [0.05, 0.1) is 0 Å². The molecule has 0 bridgehead atoms. The Balaban J connectivity index is -0.000000180. The zero-order valence-electron chi connectivity index (χ0n) is 6.81. The zero-order chi connectivity index (χ0) is 5.70. The third-order valence-electron chi connectivity index (χ3n) is 0.771. The van der Waals surface area contributed by atoms with E-state index in [1.807, 2.05) is 21.1 Å². The maximum absolute atomic E-state index is 3.93. The molecule has 0 aromatic rings. The van der Waals surface area contributed by atoms with Crippen molar-refractivity contribution in [2.45, 2.75) is 0 Å². The normalized spacial score (nSPS) is 8.00. The minimum Gasteiger partial charge on any atom is -0.664 e. The smallest absolute Gasteiger partial charge is 0.664 e. The maximum Gasteiger partial charge on any atom is 3.00 e. The summed E-state index contributed by atoms with van der Waals surface area (Å²) in [6, 6.07) is 0. The molecule has 0 aromatic heterocycles. The van der Waals surface area contributed by atoms with Crippen molar-refractivity contribution in [2.75, 3.05) is 34.2 Å². The molecule has 0 atom stereocenters. The summed E-state index contributed by atoms with van der Waals surface area (Å²) in [6.07, 6.45) is 0. The first-order valence-electron chi connectivity index (χ1n) is 2.47. The molecule has 0 aromatic carbocycles. The molecule has 0 spiro atoms. The van der Waals surface area contributed by atoms with Crippen molar-refractivity contribution in [3.05, 3.63) is 12.7 Å². The second-order valence-electron chi connectivity index (χ2n) is 1.84. The van der Waals surface area contributed by atoms with E-state index < -0.39 is 0 Å². The summed E-state index contributed by atoms with van der Waals surface area (Å²) < 4.78 is 0. The first kappa shape index (κ1) is 16.4. The van der Waals surface area contributed by atoms with Gasteiger partial charge in [-0.2, -0.15) is 7.05 Å². The van der Waals surface area contributed by atoms with E-state index in [2.05, 4.69) is 10.2 Å². The van der Waals surface area contributed by atoms with Gasteiger partial charge in [-0.1, -0.05) is 0 Å². The van der Waals surface area contributed by atoms with E-state index in [1.165, 1.54) is 0 Å². The molecule has 9 heavy (non-hydrogen) atoms. The minimum atomic E-state index is 0. The van der Waals surface area contributed by atoms with Gasteiger partial charge in [-0.15, -0.1) is 6.54 Å². The zero-order valence-corrected chi connectivity index (χ0v) is 9.27. The van der Waals surface area contributed by atoms with Crippen LogP contribution >= 0.6 is 0 Å². The topological polar surface area (TPSA) is 17.3 Å². The van der Waals surface area contributed by atoms with Crippen LogP contribution in [0.15, 0.2) is 0 Å². The first-order chi connectivity index (χ1) is 3.27. The molecular weight excluding hydrogens is 191 g/mol. The molecule has 0 amide bonds. The van der Waals surface area contributed by atoms with E-state index >= 15 is 0 Å². The molecule has 3 heteroatoms. The SMILES string of the molecule is C[N-]CCN(C)C.[CH3-].[Zr+3]. The summed E-state index contributed by atoms with van der Waals surface area (Å²) >= 11 is 0. The van der Waals surface area contributed by atoms with Crippen LogP contribution in [0.4, 0.5) is 0 Å². The Labute approximate surface area is 78.1 Å². The molecule has 0 aliphatic carbocycles. The number of rotatable bonds is 3. The van der Waals surface area contributed by atoms with Crippen LogP contribution in [0, 0.1) is 7.43 Å². The second kappa shape index (κ2) is 11.6. The first-order valence-corrected chi connectivity index (χ1v) is 2.47. The molecule has 0 unspecified atom stereocenters. The van der Waals surface area contributed by atoms with Gasteiger partial charge >= 0.3 is 26.2 Å². The number of nitrogens with zero attached hydrogens (tertiary/aromatic N) is 2. The summed E-state index contributed by atoms with van der Waals surface area (Å²) in [5.41, 5.74) is 0. The third-order valence-corrected chi connectivity index (χ3v) is 0.771. The molecule has 0 heterocycles. The summed E-state index contributed by atoms with van der Waals surface area (Å²) in [4.78, 5) is 2.12. The Morgan fingerprint density at radius 1 is 1.33 bits per heavy atom. The van der Waals surface area contributed by atoms with Crippen molar-refractivity contribution in [1.29, 1.82) is 0 Å². The van der Waals surface area contributed by atoms with Crippen molar-refractivity contribution in [1.82, 2.24) is 4.90 Å². The molecule has 0 rings (SSSR count). The standard InChI is InChI=1S/C5H13N2.CH3.Zr/c1-6-4-5-7(2)3;;/h4-5H2,1-3H3;1H3;/q2*-1;+3. The van der Waals surface area contributed by atoms with Gasteiger partial charge in [0.15, 0.2) is 0 Å². The quantitative estimate of drug-likeness (QED) is 0.631. The Bertz CT molecular complexity index is 40.0. The fourth-order valence-corrected chi connectivity index (χ4v) is 0.300. The van der Waals surface area contributed by atoms with Crippen molar-refractivity contribution in [3.8, 4) is 0 Å². The number of likely N-dealkylation sites (N-methyl/N-ethyl adjacent to an activating group) is 2. The molecule has 0 fully saturated rings. The number of hydrogen-bond acceptors (Lipinski definition) is 1. The van der Waals surface area contributed by atoms with Gasteiger partial charge in [0.2, 0.25) is 0 Å². The van der Waals surface area contributed by atoms with E-state index in [9.17, 15) is 0 Å². The summed E-state index contributed by atoms with van der Waals surface area (Å²) in [7, 11) is 5.93. The Kier molecular flexibility index (Phi) is 21.1. The molecular formula is C6H16N2Zr+. The van der Waals surface area contributed by atoms with Gasteiger partial charge in [0, 0.05) is 0 Å². The van der Waals surface area contributed by atoms with Crippen LogP contribution in [0.1, 0.15) is 0 Å². The fourth-order valence-electron chi connectivity index (χ4n) is 0.300. The van der Waals surface area contributed by atoms with Crippen molar-refractivity contribution < 1.29 is 26.2 Å². The van der Waals surface area contributed by atoms with E-state index in [-0.39, 0.29) is 33.6 Å². The molecule has 2 nitrogen and oxygen atoms in total. The van der Waals surface area contributed by atoms with E-state index in [4.69, 9.17) is 0 Å². The maximum atomic E-state index is 3.93. The van der Waals surface area contributed by atoms with E-state index in [0.29, 0.717) is 0 Å². The minimum absolute atomic E-state index is 0. The second-order valence-corrected chi connectivity index (χ2v) is 1.84. The Morgan fingerprint density at radius 2 is 1.78 bits per heavy atom. The van der Waals surface area contributed by atoms with Gasteiger partial charge < -0.3 is 17.6 Å². The molecule has 0 aliphatic heterocycles. The Morgan fingerprint density at radius 3 is 1.89 bits per heavy atom. The predicted molar refractivity (Wildman–Crippen MR) is 39.1 cm³/mol. The number of hydrogen-bond donors (Lipinski definition) is 0. The van der Waals surface area contributed by atoms with Crippen LogP contribution in [0.3, 0.4) is 0 Å². The molecule has 1 radical (unpaired) electrons. The molecule has 0 N–H and O–H groups in total. The van der Waals surface area contributed by atoms with Crippen LogP contribution in [0.2, 0.25) is 0 Å². The van der Waals surface area contributed by atoms with Gasteiger partial charge in [-0.25, -0.2) is 0 Å². The average molecular weight is 207 g/mol. The third kappa shape index (κ3) is 17.7. The summed E-state index contributed by atoms with van der Waals surface area (Å²) in [5, 5.41) is 3.93. The van der Waals surface area contributed by atoms with E-state index in [0.717, 1.165) is 13.1 Å². The van der Waals surface area contributed by atoms with Crippen molar-refractivity contribution >= 4 is 0 Å². The van der Waals surface area contributed by atoms with Crippen LogP contribution in [-0.2, 0) is 26.2 Å². The molecule has 0 aliphatic rings. The predicted octanol–water partition coefficient (Wildman–Crippen LogP) is 0.999. The molecule has 0 saturated heterocycles. The van der Waals surface area contributed by atoms with Gasteiger partial charge in [0.1, 0.15) is 0 Å². The van der Waals surface area contributed by atoms with Crippen LogP contribution in [-0.4, -0.2) is 39.1 Å². The average Bonchev–Trinajstić information content (AvgIpc) is 1.61.